The van der Waals surface area contributed by atoms with Gasteiger partial charge in [0, 0.05) is 60.3 Å². The van der Waals surface area contributed by atoms with E-state index in [4.69, 9.17) is 0 Å². The third-order valence-corrected chi connectivity index (χ3v) is 4.60. The molecule has 0 aliphatic carbocycles. The predicted molar refractivity (Wildman–Crippen MR) is 84.4 cm³/mol. The second kappa shape index (κ2) is 6.33. The first-order valence-electron chi connectivity index (χ1n) is 6.99. The lowest BCUT2D eigenvalue weighted by Gasteiger charge is -2.26. The van der Waals surface area contributed by atoms with Crippen molar-refractivity contribution in [3.8, 4) is 0 Å². The van der Waals surface area contributed by atoms with Gasteiger partial charge in [-0.1, -0.05) is 6.07 Å². The summed E-state index contributed by atoms with van der Waals surface area (Å²) in [4.78, 5) is 17.8. The molecule has 2 heterocycles. The minimum Gasteiger partial charge on any atom is -0.361 e. The van der Waals surface area contributed by atoms with Crippen molar-refractivity contribution in [2.45, 2.75) is 0 Å². The van der Waals surface area contributed by atoms with Crippen molar-refractivity contribution in [1.82, 2.24) is 15.2 Å². The van der Waals surface area contributed by atoms with Crippen molar-refractivity contribution in [2.75, 3.05) is 37.7 Å². The maximum atomic E-state index is 12.3. The summed E-state index contributed by atoms with van der Waals surface area (Å²) < 4.78 is 0. The standard InChI is InChI=1S/C15H19N3OS/c19-15(17-6-7-18-8-10-20-11-9-18)13-2-1-3-14-12(13)4-5-16-14/h1-5,16H,6-11H2,(H,17,19). The number of carbonyl (C=O) groups excluding carboxylic acids is 1. The van der Waals surface area contributed by atoms with Crippen LogP contribution in [0.4, 0.5) is 0 Å². The van der Waals surface area contributed by atoms with Crippen molar-refractivity contribution < 1.29 is 4.79 Å². The van der Waals surface area contributed by atoms with Crippen LogP contribution in [0.3, 0.4) is 0 Å². The van der Waals surface area contributed by atoms with Crippen LogP contribution in [0.5, 0.6) is 0 Å². The Bertz CT molecular complexity index is 590. The molecule has 1 aliphatic heterocycles. The van der Waals surface area contributed by atoms with E-state index in [1.54, 1.807) is 0 Å². The topological polar surface area (TPSA) is 48.1 Å². The number of thioether (sulfide) groups is 1. The number of benzene rings is 1. The van der Waals surface area contributed by atoms with Gasteiger partial charge >= 0.3 is 0 Å². The fraction of sp³-hybridized carbons (Fsp3) is 0.400. The van der Waals surface area contributed by atoms with Crippen molar-refractivity contribution in [2.24, 2.45) is 0 Å². The Morgan fingerprint density at radius 2 is 2.15 bits per heavy atom. The van der Waals surface area contributed by atoms with Crippen LogP contribution < -0.4 is 5.32 Å². The van der Waals surface area contributed by atoms with Crippen LogP contribution in [-0.4, -0.2) is 53.5 Å². The summed E-state index contributed by atoms with van der Waals surface area (Å²) in [5, 5.41) is 4.01. The number of fused-ring (bicyclic) bond motifs is 1. The van der Waals surface area contributed by atoms with Gasteiger partial charge in [0.1, 0.15) is 0 Å². The van der Waals surface area contributed by atoms with Crippen molar-refractivity contribution in [3.05, 3.63) is 36.0 Å². The second-order valence-corrected chi connectivity index (χ2v) is 6.18. The summed E-state index contributed by atoms with van der Waals surface area (Å²) in [6, 6.07) is 7.72. The number of nitrogens with zero attached hydrogens (tertiary/aromatic N) is 1. The molecule has 0 atom stereocenters. The highest BCUT2D eigenvalue weighted by Gasteiger charge is 2.12. The van der Waals surface area contributed by atoms with Crippen LogP contribution in [-0.2, 0) is 0 Å². The van der Waals surface area contributed by atoms with Gasteiger partial charge in [-0.25, -0.2) is 0 Å². The fourth-order valence-corrected chi connectivity index (χ4v) is 3.51. The average Bonchev–Trinajstić information content (AvgIpc) is 2.96. The van der Waals surface area contributed by atoms with E-state index in [0.29, 0.717) is 6.54 Å². The molecule has 2 aromatic rings. The van der Waals surface area contributed by atoms with Gasteiger partial charge in [-0.05, 0) is 18.2 Å². The minimum atomic E-state index is 0.0154. The Morgan fingerprint density at radius 3 is 3.00 bits per heavy atom. The summed E-state index contributed by atoms with van der Waals surface area (Å²) in [6.45, 7) is 3.92. The van der Waals surface area contributed by atoms with Gasteiger partial charge < -0.3 is 10.3 Å². The van der Waals surface area contributed by atoms with Crippen LogP contribution in [0.15, 0.2) is 30.5 Å². The normalized spacial score (nSPS) is 16.4. The van der Waals surface area contributed by atoms with E-state index in [9.17, 15) is 4.79 Å². The number of rotatable bonds is 4. The van der Waals surface area contributed by atoms with Crippen LogP contribution in [0.2, 0.25) is 0 Å². The lowest BCUT2D eigenvalue weighted by molar-refractivity contribution is 0.0950. The van der Waals surface area contributed by atoms with E-state index < -0.39 is 0 Å². The Kier molecular flexibility index (Phi) is 4.28. The molecule has 1 amide bonds. The lowest BCUT2D eigenvalue weighted by atomic mass is 10.1. The molecule has 20 heavy (non-hydrogen) atoms. The lowest BCUT2D eigenvalue weighted by Crippen LogP contribution is -2.39. The van der Waals surface area contributed by atoms with Gasteiger partial charge in [-0.3, -0.25) is 9.69 Å². The molecule has 1 saturated heterocycles. The van der Waals surface area contributed by atoms with E-state index in [1.165, 1.54) is 11.5 Å². The molecule has 1 aliphatic rings. The zero-order valence-corrected chi connectivity index (χ0v) is 12.2. The van der Waals surface area contributed by atoms with E-state index in [0.717, 1.165) is 36.1 Å². The SMILES string of the molecule is O=C(NCCN1CCSCC1)c1cccc2[nH]ccc12. The molecule has 0 unspecified atom stereocenters. The summed E-state index contributed by atoms with van der Waals surface area (Å²) in [7, 11) is 0. The third-order valence-electron chi connectivity index (χ3n) is 3.66. The molecule has 0 bridgehead atoms. The molecule has 1 aromatic heterocycles. The first-order valence-corrected chi connectivity index (χ1v) is 8.14. The summed E-state index contributed by atoms with van der Waals surface area (Å²) >= 11 is 2.01. The second-order valence-electron chi connectivity index (χ2n) is 4.95. The number of carbonyl (C=O) groups is 1. The molecule has 1 aromatic carbocycles. The quantitative estimate of drug-likeness (QED) is 0.904. The fourth-order valence-electron chi connectivity index (χ4n) is 2.53. The Morgan fingerprint density at radius 1 is 1.30 bits per heavy atom. The van der Waals surface area contributed by atoms with Crippen molar-refractivity contribution >= 4 is 28.6 Å². The van der Waals surface area contributed by atoms with Gasteiger partial charge in [0.25, 0.3) is 5.91 Å². The van der Waals surface area contributed by atoms with E-state index >= 15 is 0 Å². The maximum Gasteiger partial charge on any atom is 0.252 e. The van der Waals surface area contributed by atoms with E-state index in [1.807, 2.05) is 42.2 Å². The molecule has 1 fully saturated rings. The average molecular weight is 289 g/mol. The smallest absolute Gasteiger partial charge is 0.252 e. The molecule has 2 N–H and O–H groups in total. The van der Waals surface area contributed by atoms with Gasteiger partial charge in [0.2, 0.25) is 0 Å². The third kappa shape index (κ3) is 2.99. The highest BCUT2D eigenvalue weighted by molar-refractivity contribution is 7.99. The Labute approximate surface area is 122 Å². The number of nitrogens with one attached hydrogen (secondary N) is 2. The molecular formula is C15H19N3OS. The number of hydrogen-bond acceptors (Lipinski definition) is 3. The molecule has 0 radical (unpaired) electrons. The van der Waals surface area contributed by atoms with Crippen LogP contribution >= 0.6 is 11.8 Å². The number of amides is 1. The number of aromatic nitrogens is 1. The molecule has 3 rings (SSSR count). The molecule has 106 valence electrons. The molecular weight excluding hydrogens is 270 g/mol. The molecule has 0 spiro atoms. The summed E-state index contributed by atoms with van der Waals surface area (Å²) in [6.07, 6.45) is 1.87. The molecule has 0 saturated carbocycles. The van der Waals surface area contributed by atoms with Gasteiger partial charge in [0.15, 0.2) is 0 Å². The Hall–Kier alpha value is -1.46. The van der Waals surface area contributed by atoms with Crippen molar-refractivity contribution in [1.29, 1.82) is 0 Å². The van der Waals surface area contributed by atoms with Crippen LogP contribution in [0, 0.1) is 0 Å². The zero-order valence-electron chi connectivity index (χ0n) is 11.4. The zero-order chi connectivity index (χ0) is 13.8. The Balaban J connectivity index is 1.57. The van der Waals surface area contributed by atoms with Crippen molar-refractivity contribution in [3.63, 3.8) is 0 Å². The highest BCUT2D eigenvalue weighted by atomic mass is 32.2. The summed E-state index contributed by atoms with van der Waals surface area (Å²) in [5.74, 6) is 2.43. The first-order chi connectivity index (χ1) is 9.84. The van der Waals surface area contributed by atoms with Crippen LogP contribution in [0.1, 0.15) is 10.4 Å². The van der Waals surface area contributed by atoms with E-state index in [-0.39, 0.29) is 5.91 Å². The summed E-state index contributed by atoms with van der Waals surface area (Å²) in [5.41, 5.74) is 1.75. The minimum absolute atomic E-state index is 0.0154. The van der Waals surface area contributed by atoms with Gasteiger partial charge in [-0.15, -0.1) is 0 Å². The maximum absolute atomic E-state index is 12.3. The number of H-pyrrole nitrogens is 1. The largest absolute Gasteiger partial charge is 0.361 e. The van der Waals surface area contributed by atoms with Crippen LogP contribution in [0.25, 0.3) is 10.9 Å². The predicted octanol–water partition coefficient (Wildman–Crippen LogP) is 1.95. The number of aromatic amines is 1. The first kappa shape index (κ1) is 13.5. The molecule has 5 heteroatoms. The van der Waals surface area contributed by atoms with Gasteiger partial charge in [0.05, 0.1) is 0 Å². The highest BCUT2D eigenvalue weighted by Crippen LogP contribution is 2.17. The van der Waals surface area contributed by atoms with Gasteiger partial charge in [-0.2, -0.15) is 11.8 Å². The monoisotopic (exact) mass is 289 g/mol. The molecule has 4 nitrogen and oxygen atoms in total. The number of hydrogen-bond donors (Lipinski definition) is 2. The van der Waals surface area contributed by atoms with E-state index in [2.05, 4.69) is 15.2 Å².